The number of benzene rings is 1. The summed E-state index contributed by atoms with van der Waals surface area (Å²) in [6.45, 7) is 6.40. The number of carbonyl (C=O) groups is 1. The molecule has 2 heterocycles. The van der Waals surface area contributed by atoms with Gasteiger partial charge in [0.2, 0.25) is 0 Å². The van der Waals surface area contributed by atoms with Gasteiger partial charge in [-0.1, -0.05) is 70.0 Å². The Morgan fingerprint density at radius 1 is 1.11 bits per heavy atom. The number of aliphatic carboxylic acids is 1. The van der Waals surface area contributed by atoms with E-state index in [0.717, 1.165) is 29.7 Å². The van der Waals surface area contributed by atoms with Gasteiger partial charge in [0, 0.05) is 0 Å². The average Bonchev–Trinajstić information content (AvgIpc) is 3.38. The van der Waals surface area contributed by atoms with Crippen molar-refractivity contribution in [3.8, 4) is 0 Å². The van der Waals surface area contributed by atoms with Gasteiger partial charge in [-0.15, -0.1) is 11.3 Å². The van der Waals surface area contributed by atoms with Gasteiger partial charge in [0.05, 0.1) is 11.7 Å². The molecule has 0 amide bonds. The zero-order valence-electron chi connectivity index (χ0n) is 20.3. The Balaban J connectivity index is 1.88. The number of nitrogens with zero attached hydrogens (tertiary/aromatic N) is 1. The van der Waals surface area contributed by atoms with Gasteiger partial charge in [0.1, 0.15) is 16.6 Å². The molecule has 1 atom stereocenters. The van der Waals surface area contributed by atoms with Crippen molar-refractivity contribution in [1.82, 2.24) is 9.71 Å². The third kappa shape index (κ3) is 7.62. The second-order valence-corrected chi connectivity index (χ2v) is 12.1. The maximum atomic E-state index is 13.0. The fraction of sp³-hybridized carbons (Fsp3) is 0.385. The fourth-order valence-corrected chi connectivity index (χ4v) is 6.09. The number of anilines is 1. The topological polar surface area (TPSA) is 108 Å². The molecule has 0 spiro atoms. The summed E-state index contributed by atoms with van der Waals surface area (Å²) in [5.41, 5.74) is 2.81. The molecule has 0 aliphatic heterocycles. The van der Waals surface area contributed by atoms with Crippen molar-refractivity contribution in [1.29, 1.82) is 0 Å². The highest BCUT2D eigenvalue weighted by Gasteiger charge is 2.25. The largest absolute Gasteiger partial charge is 0.480 e. The Morgan fingerprint density at radius 2 is 1.86 bits per heavy atom. The average molecular weight is 516 g/mol. The molecule has 3 aromatic rings. The van der Waals surface area contributed by atoms with Crippen molar-refractivity contribution < 1.29 is 18.3 Å². The Morgan fingerprint density at radius 3 is 2.49 bits per heavy atom. The Kier molecular flexibility index (Phi) is 9.04. The van der Waals surface area contributed by atoms with Gasteiger partial charge >= 0.3 is 5.97 Å². The molecule has 0 saturated heterocycles. The number of sulfonamides is 1. The van der Waals surface area contributed by atoms with E-state index >= 15 is 0 Å². The van der Waals surface area contributed by atoms with Crippen LogP contribution in [0.25, 0.3) is 0 Å². The van der Waals surface area contributed by atoms with Crippen molar-refractivity contribution >= 4 is 33.1 Å². The van der Waals surface area contributed by atoms with Crippen molar-refractivity contribution in [3.63, 3.8) is 0 Å². The zero-order valence-corrected chi connectivity index (χ0v) is 22.0. The summed E-state index contributed by atoms with van der Waals surface area (Å²) in [5, 5.41) is 13.4. The maximum Gasteiger partial charge on any atom is 0.322 e. The fourth-order valence-electron chi connectivity index (χ4n) is 3.87. The highest BCUT2D eigenvalue weighted by molar-refractivity contribution is 7.91. The first-order valence-electron chi connectivity index (χ1n) is 11.7. The number of hydrogen-bond acceptors (Lipinski definition) is 6. The van der Waals surface area contributed by atoms with Gasteiger partial charge in [-0.05, 0) is 53.0 Å². The van der Waals surface area contributed by atoms with Crippen molar-refractivity contribution in [2.24, 2.45) is 0 Å². The molecule has 1 aromatic carbocycles. The number of nitrogens with one attached hydrogen (secondary N) is 2. The number of rotatable bonds is 13. The normalized spacial score (nSPS) is 12.9. The molecule has 0 saturated carbocycles. The van der Waals surface area contributed by atoms with Crippen LogP contribution in [0.3, 0.4) is 0 Å². The summed E-state index contributed by atoms with van der Waals surface area (Å²) in [5.74, 6) is -0.632. The first-order chi connectivity index (χ1) is 16.6. The van der Waals surface area contributed by atoms with Crippen LogP contribution in [0.15, 0.2) is 64.2 Å². The van der Waals surface area contributed by atoms with Crippen molar-refractivity contribution in [2.75, 3.05) is 11.9 Å². The van der Waals surface area contributed by atoms with Gasteiger partial charge in [-0.25, -0.2) is 18.1 Å². The minimum absolute atomic E-state index is 0.0698. The predicted octanol–water partition coefficient (Wildman–Crippen LogP) is 5.37. The Bertz CT molecular complexity index is 1210. The molecule has 2 aromatic heterocycles. The number of pyridine rings is 1. The molecule has 0 radical (unpaired) electrons. The summed E-state index contributed by atoms with van der Waals surface area (Å²) in [6, 6.07) is 16.1. The molecule has 7 nitrogen and oxygen atoms in total. The van der Waals surface area contributed by atoms with E-state index in [0.29, 0.717) is 17.9 Å². The second-order valence-electron chi connectivity index (χ2n) is 9.19. The van der Waals surface area contributed by atoms with Gasteiger partial charge in [0.15, 0.2) is 0 Å². The SMILES string of the molecule is CCCCC(C)(C)c1ccc(CC(NS(=O)(=O)c2cccs2)c2cccc(NCC(=O)O)n2)cc1. The Hall–Kier alpha value is -2.75. The van der Waals surface area contributed by atoms with Crippen LogP contribution in [0, 0.1) is 0 Å². The lowest BCUT2D eigenvalue weighted by Crippen LogP contribution is -2.30. The standard InChI is InChI=1S/C26H33N3O4S2/c1-4-5-15-26(2,3)20-13-11-19(12-14-20)17-22(29-35(32,33)25-10-7-16-34-25)21-8-6-9-23(28-21)27-18-24(30)31/h6-14,16,22,29H,4-5,15,17-18H2,1-3H3,(H,27,28)(H,30,31). The number of thiophene rings is 1. The lowest BCUT2D eigenvalue weighted by atomic mass is 9.80. The van der Waals surface area contributed by atoms with E-state index in [9.17, 15) is 13.2 Å². The molecule has 188 valence electrons. The number of aromatic nitrogens is 1. The van der Waals surface area contributed by atoms with Gasteiger partial charge < -0.3 is 10.4 Å². The molecule has 9 heteroatoms. The van der Waals surface area contributed by atoms with E-state index in [4.69, 9.17) is 5.11 Å². The quantitative estimate of drug-likeness (QED) is 0.282. The molecule has 0 aliphatic rings. The third-order valence-corrected chi connectivity index (χ3v) is 8.81. The predicted molar refractivity (Wildman–Crippen MR) is 140 cm³/mol. The van der Waals surface area contributed by atoms with Crippen LogP contribution in [0.4, 0.5) is 5.82 Å². The summed E-state index contributed by atoms with van der Waals surface area (Å²) in [7, 11) is -3.75. The van der Waals surface area contributed by atoms with Crippen LogP contribution in [0.5, 0.6) is 0 Å². The van der Waals surface area contributed by atoms with Crippen LogP contribution in [-0.2, 0) is 26.7 Å². The monoisotopic (exact) mass is 515 g/mol. The number of hydrogen-bond donors (Lipinski definition) is 3. The molecule has 1 unspecified atom stereocenters. The van der Waals surface area contributed by atoms with E-state index in [2.05, 4.69) is 47.9 Å². The molecule has 0 aliphatic carbocycles. The minimum atomic E-state index is -3.75. The van der Waals surface area contributed by atoms with Crippen molar-refractivity contribution in [3.05, 3.63) is 76.8 Å². The molecule has 0 bridgehead atoms. The molecule has 3 N–H and O–H groups in total. The Labute approximate surface area is 211 Å². The van der Waals surface area contributed by atoms with E-state index in [1.807, 2.05) is 12.1 Å². The first-order valence-corrected chi connectivity index (χ1v) is 14.0. The van der Waals surface area contributed by atoms with E-state index in [1.165, 1.54) is 12.0 Å². The maximum absolute atomic E-state index is 13.0. The van der Waals surface area contributed by atoms with Crippen LogP contribution in [0.1, 0.15) is 62.9 Å². The van der Waals surface area contributed by atoms with Crippen LogP contribution >= 0.6 is 11.3 Å². The van der Waals surface area contributed by atoms with Crippen LogP contribution in [0.2, 0.25) is 0 Å². The minimum Gasteiger partial charge on any atom is -0.480 e. The second kappa shape index (κ2) is 11.8. The molecule has 0 fully saturated rings. The van der Waals surface area contributed by atoms with E-state index in [1.54, 1.807) is 35.7 Å². The highest BCUT2D eigenvalue weighted by Crippen LogP contribution is 2.30. The zero-order chi connectivity index (χ0) is 25.5. The first kappa shape index (κ1) is 26.8. The van der Waals surface area contributed by atoms with E-state index < -0.39 is 22.0 Å². The van der Waals surface area contributed by atoms with Gasteiger partial charge in [-0.3, -0.25) is 4.79 Å². The summed E-state index contributed by atoms with van der Waals surface area (Å²) >= 11 is 1.15. The summed E-state index contributed by atoms with van der Waals surface area (Å²) < 4.78 is 29.1. The molecular weight excluding hydrogens is 482 g/mol. The lowest BCUT2D eigenvalue weighted by molar-refractivity contribution is -0.134. The van der Waals surface area contributed by atoms with Gasteiger partial charge in [0.25, 0.3) is 10.0 Å². The summed E-state index contributed by atoms with van der Waals surface area (Å²) in [6.07, 6.45) is 3.82. The molecular formula is C26H33N3O4S2. The number of carboxylic acid groups (broad SMARTS) is 1. The number of unbranched alkanes of at least 4 members (excludes halogenated alkanes) is 1. The highest BCUT2D eigenvalue weighted by atomic mass is 32.2. The molecule has 3 rings (SSSR count). The lowest BCUT2D eigenvalue weighted by Gasteiger charge is -2.26. The third-order valence-electron chi connectivity index (χ3n) is 5.94. The smallest absolute Gasteiger partial charge is 0.322 e. The van der Waals surface area contributed by atoms with Gasteiger partial charge in [-0.2, -0.15) is 0 Å². The van der Waals surface area contributed by atoms with E-state index in [-0.39, 0.29) is 16.2 Å². The molecule has 35 heavy (non-hydrogen) atoms. The van der Waals surface area contributed by atoms with Crippen molar-refractivity contribution in [2.45, 2.75) is 62.1 Å². The van der Waals surface area contributed by atoms with Crippen LogP contribution in [-0.4, -0.2) is 31.0 Å². The number of carboxylic acids is 1. The summed E-state index contributed by atoms with van der Waals surface area (Å²) in [4.78, 5) is 15.4. The van der Waals surface area contributed by atoms with Crippen LogP contribution < -0.4 is 10.0 Å².